The Kier molecular flexibility index (Phi) is 5.11. The van der Waals surface area contributed by atoms with Crippen LogP contribution in [-0.4, -0.2) is 17.1 Å². The van der Waals surface area contributed by atoms with E-state index in [0.717, 1.165) is 4.47 Å². The third kappa shape index (κ3) is 4.03. The molecule has 0 atom stereocenters. The van der Waals surface area contributed by atoms with Crippen molar-refractivity contribution in [1.82, 2.24) is 10.4 Å². The van der Waals surface area contributed by atoms with Crippen LogP contribution in [0.1, 0.15) is 15.9 Å². The minimum Gasteiger partial charge on any atom is -0.267 e. The van der Waals surface area contributed by atoms with E-state index in [0.29, 0.717) is 21.2 Å². The highest BCUT2D eigenvalue weighted by molar-refractivity contribution is 9.10. The average Bonchev–Trinajstić information content (AvgIpc) is 2.41. The molecule has 4 nitrogen and oxygen atoms in total. The molecule has 1 amide bonds. The van der Waals surface area contributed by atoms with Gasteiger partial charge in [-0.15, -0.1) is 0 Å². The number of hydrogen-bond donors (Lipinski definition) is 1. The smallest absolute Gasteiger partial charge is 0.267 e. The Labute approximate surface area is 133 Å². The average molecular weight is 373 g/mol. The lowest BCUT2D eigenvalue weighted by molar-refractivity contribution is 0.0954. The predicted octanol–water partition coefficient (Wildman–Crippen LogP) is 3.91. The molecule has 20 heavy (non-hydrogen) atoms. The van der Waals surface area contributed by atoms with Gasteiger partial charge in [0.25, 0.3) is 5.91 Å². The molecule has 0 radical (unpaired) electrons. The van der Waals surface area contributed by atoms with Crippen molar-refractivity contribution >= 4 is 51.3 Å². The summed E-state index contributed by atoms with van der Waals surface area (Å²) in [4.78, 5) is 15.7. The van der Waals surface area contributed by atoms with Gasteiger partial charge in [0.2, 0.25) is 0 Å². The molecule has 0 unspecified atom stereocenters. The Morgan fingerprint density at radius 3 is 2.80 bits per heavy atom. The number of benzene rings is 1. The first kappa shape index (κ1) is 15.0. The van der Waals surface area contributed by atoms with Gasteiger partial charge in [-0.25, -0.2) is 5.43 Å². The summed E-state index contributed by atoms with van der Waals surface area (Å²) >= 11 is 15.0. The Morgan fingerprint density at radius 2 is 2.10 bits per heavy atom. The molecule has 0 spiro atoms. The predicted molar refractivity (Wildman–Crippen MR) is 83.5 cm³/mol. The molecule has 102 valence electrons. The van der Waals surface area contributed by atoms with Crippen molar-refractivity contribution in [3.63, 3.8) is 0 Å². The van der Waals surface area contributed by atoms with Crippen LogP contribution in [-0.2, 0) is 0 Å². The maximum absolute atomic E-state index is 11.8. The Bertz CT molecular complexity index is 676. The van der Waals surface area contributed by atoms with Crippen molar-refractivity contribution in [3.8, 4) is 0 Å². The lowest BCUT2D eigenvalue weighted by Gasteiger charge is -2.01. The van der Waals surface area contributed by atoms with Gasteiger partial charge in [0.05, 0.1) is 16.8 Å². The molecule has 1 aromatic carbocycles. The normalized spacial score (nSPS) is 10.8. The quantitative estimate of drug-likeness (QED) is 0.655. The van der Waals surface area contributed by atoms with Crippen LogP contribution < -0.4 is 5.43 Å². The molecule has 0 saturated carbocycles. The highest BCUT2D eigenvalue weighted by Gasteiger charge is 2.05. The standard InChI is InChI=1S/C13H8BrCl2N3O/c14-10-3-9(5-17-7-10)13(20)19-18-6-8-1-2-11(15)4-12(8)16/h1-7H,(H,19,20)/b18-6-. The first-order valence-corrected chi connectivity index (χ1v) is 7.00. The SMILES string of the molecule is O=C(N/N=C\c1ccc(Cl)cc1Cl)c1cncc(Br)c1. The zero-order valence-corrected chi connectivity index (χ0v) is 13.1. The van der Waals surface area contributed by atoms with Gasteiger partial charge < -0.3 is 0 Å². The van der Waals surface area contributed by atoms with E-state index < -0.39 is 0 Å². The molecule has 0 aliphatic rings. The fourth-order valence-corrected chi connectivity index (χ4v) is 2.19. The Balaban J connectivity index is 2.04. The number of hydrogen-bond acceptors (Lipinski definition) is 3. The lowest BCUT2D eigenvalue weighted by atomic mass is 10.2. The molecule has 1 aromatic heterocycles. The number of nitrogens with one attached hydrogen (secondary N) is 1. The number of carbonyl (C=O) groups is 1. The summed E-state index contributed by atoms with van der Waals surface area (Å²) in [6, 6.07) is 6.65. The zero-order chi connectivity index (χ0) is 14.5. The van der Waals surface area contributed by atoms with E-state index in [4.69, 9.17) is 23.2 Å². The number of rotatable bonds is 3. The number of nitrogens with zero attached hydrogens (tertiary/aromatic N) is 2. The molecular weight excluding hydrogens is 365 g/mol. The van der Waals surface area contributed by atoms with Crippen LogP contribution in [0.25, 0.3) is 0 Å². The van der Waals surface area contributed by atoms with Crippen molar-refractivity contribution in [2.45, 2.75) is 0 Å². The Hall–Kier alpha value is -1.43. The zero-order valence-electron chi connectivity index (χ0n) is 9.98. The van der Waals surface area contributed by atoms with Gasteiger partial charge >= 0.3 is 0 Å². The second kappa shape index (κ2) is 6.83. The van der Waals surface area contributed by atoms with E-state index in [-0.39, 0.29) is 5.91 Å². The molecule has 0 bridgehead atoms. The Morgan fingerprint density at radius 1 is 1.30 bits per heavy atom. The summed E-state index contributed by atoms with van der Waals surface area (Å²) in [5.74, 6) is -0.361. The van der Waals surface area contributed by atoms with Gasteiger partial charge in [-0.1, -0.05) is 29.3 Å². The van der Waals surface area contributed by atoms with Gasteiger partial charge in [-0.05, 0) is 34.1 Å². The topological polar surface area (TPSA) is 54.4 Å². The fourth-order valence-electron chi connectivity index (χ4n) is 1.37. The third-order valence-corrected chi connectivity index (χ3v) is 3.30. The van der Waals surface area contributed by atoms with Crippen molar-refractivity contribution < 1.29 is 4.79 Å². The molecule has 2 aromatic rings. The number of halogens is 3. The van der Waals surface area contributed by atoms with Crippen molar-refractivity contribution in [1.29, 1.82) is 0 Å². The van der Waals surface area contributed by atoms with Gasteiger partial charge in [-0.2, -0.15) is 5.10 Å². The van der Waals surface area contributed by atoms with Gasteiger partial charge in [0, 0.05) is 27.5 Å². The molecule has 1 N–H and O–H groups in total. The van der Waals surface area contributed by atoms with Crippen molar-refractivity contribution in [2.75, 3.05) is 0 Å². The number of aromatic nitrogens is 1. The molecule has 0 saturated heterocycles. The van der Waals surface area contributed by atoms with Gasteiger partial charge in [-0.3, -0.25) is 9.78 Å². The van der Waals surface area contributed by atoms with E-state index in [2.05, 4.69) is 31.4 Å². The van der Waals surface area contributed by atoms with Crippen LogP contribution >= 0.6 is 39.1 Å². The van der Waals surface area contributed by atoms with Gasteiger partial charge in [0.15, 0.2) is 0 Å². The first-order valence-electron chi connectivity index (χ1n) is 5.45. The first-order chi connectivity index (χ1) is 9.56. The van der Waals surface area contributed by atoms with Gasteiger partial charge in [0.1, 0.15) is 0 Å². The van der Waals surface area contributed by atoms with E-state index >= 15 is 0 Å². The summed E-state index contributed by atoms with van der Waals surface area (Å²) in [7, 11) is 0. The molecule has 0 aliphatic carbocycles. The number of carbonyl (C=O) groups excluding carboxylic acids is 1. The summed E-state index contributed by atoms with van der Waals surface area (Å²) in [5, 5.41) is 4.84. The highest BCUT2D eigenvalue weighted by atomic mass is 79.9. The van der Waals surface area contributed by atoms with E-state index in [1.807, 2.05) is 0 Å². The van der Waals surface area contributed by atoms with Crippen molar-refractivity contribution in [2.24, 2.45) is 5.10 Å². The number of hydrazone groups is 1. The van der Waals surface area contributed by atoms with E-state index in [9.17, 15) is 4.79 Å². The second-order valence-electron chi connectivity index (χ2n) is 3.76. The minimum absolute atomic E-state index is 0.361. The van der Waals surface area contributed by atoms with Crippen molar-refractivity contribution in [3.05, 3.63) is 62.3 Å². The highest BCUT2D eigenvalue weighted by Crippen LogP contribution is 2.19. The minimum atomic E-state index is -0.361. The molecule has 1 heterocycles. The summed E-state index contributed by atoms with van der Waals surface area (Å²) < 4.78 is 0.717. The van der Waals surface area contributed by atoms with E-state index in [1.165, 1.54) is 12.4 Å². The van der Waals surface area contributed by atoms with E-state index in [1.54, 1.807) is 30.5 Å². The molecule has 7 heteroatoms. The van der Waals surface area contributed by atoms with Crippen LogP contribution in [0.4, 0.5) is 0 Å². The summed E-state index contributed by atoms with van der Waals surface area (Å²) in [6.07, 6.45) is 4.49. The largest absolute Gasteiger partial charge is 0.272 e. The third-order valence-electron chi connectivity index (χ3n) is 2.30. The molecule has 0 fully saturated rings. The summed E-state index contributed by atoms with van der Waals surface area (Å²) in [6.45, 7) is 0. The maximum Gasteiger partial charge on any atom is 0.272 e. The van der Waals surface area contributed by atoms with Crippen LogP contribution in [0.5, 0.6) is 0 Å². The van der Waals surface area contributed by atoms with Crippen LogP contribution in [0.2, 0.25) is 10.0 Å². The molecule has 0 aliphatic heterocycles. The lowest BCUT2D eigenvalue weighted by Crippen LogP contribution is -2.17. The number of pyridine rings is 1. The van der Waals surface area contributed by atoms with Crippen LogP contribution in [0.3, 0.4) is 0 Å². The molecule has 2 rings (SSSR count). The summed E-state index contributed by atoms with van der Waals surface area (Å²) in [5.41, 5.74) is 3.45. The second-order valence-corrected chi connectivity index (χ2v) is 5.52. The van der Waals surface area contributed by atoms with Crippen LogP contribution in [0, 0.1) is 0 Å². The fraction of sp³-hybridized carbons (Fsp3) is 0. The monoisotopic (exact) mass is 371 g/mol. The maximum atomic E-state index is 11.8. The molecular formula is C13H8BrCl2N3O. The van der Waals surface area contributed by atoms with Crippen LogP contribution in [0.15, 0.2) is 46.2 Å². The number of amides is 1.